The first kappa shape index (κ1) is 6.34. The highest BCUT2D eigenvalue weighted by Gasteiger charge is 2.51. The van der Waals surface area contributed by atoms with Gasteiger partial charge in [-0.1, -0.05) is 6.08 Å². The molecule has 56 valence electrons. The summed E-state index contributed by atoms with van der Waals surface area (Å²) in [6.45, 7) is -0.0388. The van der Waals surface area contributed by atoms with Gasteiger partial charge in [0.05, 0.1) is 6.10 Å². The highest BCUT2D eigenvalue weighted by Crippen LogP contribution is 2.48. The van der Waals surface area contributed by atoms with Gasteiger partial charge in [0, 0.05) is 18.4 Å². The van der Waals surface area contributed by atoms with Gasteiger partial charge in [-0.25, -0.2) is 0 Å². The topological polar surface area (TPSA) is 60.7 Å². The van der Waals surface area contributed by atoms with Crippen molar-refractivity contribution in [3.8, 4) is 0 Å². The second-order valence-corrected chi connectivity index (χ2v) is 2.97. The molecule has 4 unspecified atom stereocenters. The number of aliphatic hydroxyl groups is 3. The summed E-state index contributed by atoms with van der Waals surface area (Å²) in [5.74, 6) is 0.0417. The molecule has 0 aliphatic heterocycles. The Kier molecular flexibility index (Phi) is 1.15. The molecule has 1 fully saturated rings. The molecule has 2 aliphatic rings. The molecule has 3 nitrogen and oxygen atoms in total. The van der Waals surface area contributed by atoms with Gasteiger partial charge >= 0.3 is 0 Å². The van der Waals surface area contributed by atoms with Crippen LogP contribution in [-0.4, -0.2) is 34.1 Å². The van der Waals surface area contributed by atoms with Gasteiger partial charge < -0.3 is 15.3 Å². The molecule has 0 spiro atoms. The third-order valence-electron chi connectivity index (χ3n) is 2.42. The van der Waals surface area contributed by atoms with Crippen LogP contribution in [0.3, 0.4) is 0 Å². The van der Waals surface area contributed by atoms with Gasteiger partial charge in [0.25, 0.3) is 0 Å². The lowest BCUT2D eigenvalue weighted by Gasteiger charge is -2.15. The Hall–Kier alpha value is -0.380. The third-order valence-corrected chi connectivity index (χ3v) is 2.42. The van der Waals surface area contributed by atoms with Crippen LogP contribution in [0.1, 0.15) is 0 Å². The summed E-state index contributed by atoms with van der Waals surface area (Å²) in [5, 5.41) is 27.1. The monoisotopic (exact) mass is 142 g/mol. The molecule has 3 heteroatoms. The van der Waals surface area contributed by atoms with Crippen molar-refractivity contribution in [3.63, 3.8) is 0 Å². The van der Waals surface area contributed by atoms with Gasteiger partial charge in [0.15, 0.2) is 0 Å². The average molecular weight is 142 g/mol. The summed E-state index contributed by atoms with van der Waals surface area (Å²) in [6, 6.07) is 0. The van der Waals surface area contributed by atoms with E-state index in [9.17, 15) is 10.2 Å². The molecule has 0 heterocycles. The summed E-state index contributed by atoms with van der Waals surface area (Å²) in [4.78, 5) is 0. The Morgan fingerprint density at radius 3 is 2.40 bits per heavy atom. The van der Waals surface area contributed by atoms with E-state index in [1.807, 2.05) is 6.08 Å². The van der Waals surface area contributed by atoms with Crippen LogP contribution in [0.5, 0.6) is 0 Å². The number of fused-ring (bicyclic) bond motifs is 1. The van der Waals surface area contributed by atoms with Gasteiger partial charge in [0.2, 0.25) is 0 Å². The van der Waals surface area contributed by atoms with Crippen molar-refractivity contribution in [2.24, 2.45) is 11.8 Å². The molecular weight excluding hydrogens is 132 g/mol. The fourth-order valence-electron chi connectivity index (χ4n) is 1.69. The van der Waals surface area contributed by atoms with E-state index >= 15 is 0 Å². The van der Waals surface area contributed by atoms with Crippen LogP contribution in [0.15, 0.2) is 11.6 Å². The Morgan fingerprint density at radius 1 is 1.40 bits per heavy atom. The van der Waals surface area contributed by atoms with Crippen molar-refractivity contribution >= 4 is 0 Å². The summed E-state index contributed by atoms with van der Waals surface area (Å²) in [6.07, 6.45) is 0.454. The first-order valence-electron chi connectivity index (χ1n) is 3.44. The molecule has 2 aliphatic carbocycles. The van der Waals surface area contributed by atoms with Crippen LogP contribution in [0.4, 0.5) is 0 Å². The Labute approximate surface area is 58.6 Å². The van der Waals surface area contributed by atoms with Crippen LogP contribution in [-0.2, 0) is 0 Å². The summed E-state index contributed by atoms with van der Waals surface area (Å²) in [5.41, 5.74) is 0.909. The normalized spacial score (nSPS) is 50.5. The van der Waals surface area contributed by atoms with Crippen LogP contribution < -0.4 is 0 Å². The summed E-state index contributed by atoms with van der Waals surface area (Å²) < 4.78 is 0. The van der Waals surface area contributed by atoms with Crippen LogP contribution in [0.25, 0.3) is 0 Å². The largest absolute Gasteiger partial charge is 0.396 e. The molecule has 0 bridgehead atoms. The van der Waals surface area contributed by atoms with Crippen molar-refractivity contribution < 1.29 is 15.3 Å². The van der Waals surface area contributed by atoms with E-state index in [-0.39, 0.29) is 18.4 Å². The van der Waals surface area contributed by atoms with Gasteiger partial charge in [-0.2, -0.15) is 0 Å². The first-order chi connectivity index (χ1) is 4.75. The number of aliphatic hydroxyl groups excluding tert-OH is 3. The fraction of sp³-hybridized carbons (Fsp3) is 0.714. The second kappa shape index (κ2) is 1.81. The van der Waals surface area contributed by atoms with E-state index in [1.165, 1.54) is 0 Å². The molecule has 4 atom stereocenters. The lowest BCUT2D eigenvalue weighted by atomic mass is 10.0. The highest BCUT2D eigenvalue weighted by atomic mass is 16.3. The van der Waals surface area contributed by atoms with Crippen LogP contribution in [0, 0.1) is 11.8 Å². The Bertz CT molecular complexity index is 187. The highest BCUT2D eigenvalue weighted by molar-refractivity contribution is 5.40. The first-order valence-corrected chi connectivity index (χ1v) is 3.44. The zero-order valence-corrected chi connectivity index (χ0v) is 5.44. The molecule has 10 heavy (non-hydrogen) atoms. The lowest BCUT2D eigenvalue weighted by Crippen LogP contribution is -2.29. The molecule has 3 N–H and O–H groups in total. The quantitative estimate of drug-likeness (QED) is 0.407. The van der Waals surface area contributed by atoms with Crippen molar-refractivity contribution in [1.29, 1.82) is 0 Å². The minimum absolute atomic E-state index is 0.0388. The minimum atomic E-state index is -0.741. The molecule has 0 aromatic heterocycles. The maximum Gasteiger partial charge on any atom is 0.102 e. The fourth-order valence-corrected chi connectivity index (χ4v) is 1.69. The molecule has 1 saturated carbocycles. The number of hydrogen-bond donors (Lipinski definition) is 3. The molecule has 0 saturated heterocycles. The predicted octanol–water partition coefficient (Wildman–Crippen LogP) is -1.11. The van der Waals surface area contributed by atoms with Gasteiger partial charge in [-0.05, 0) is 5.57 Å². The van der Waals surface area contributed by atoms with Gasteiger partial charge in [-0.3, -0.25) is 0 Å². The Morgan fingerprint density at radius 2 is 2.10 bits per heavy atom. The van der Waals surface area contributed by atoms with E-state index in [1.54, 1.807) is 0 Å². The summed E-state index contributed by atoms with van der Waals surface area (Å²) in [7, 11) is 0. The van der Waals surface area contributed by atoms with E-state index in [0.717, 1.165) is 5.57 Å². The number of hydrogen-bond acceptors (Lipinski definition) is 3. The molecule has 0 aromatic carbocycles. The van der Waals surface area contributed by atoms with Crippen LogP contribution >= 0.6 is 0 Å². The average Bonchev–Trinajstić information content (AvgIpc) is 2.63. The molecule has 0 aromatic rings. The Balaban J connectivity index is 2.14. The van der Waals surface area contributed by atoms with Crippen molar-refractivity contribution in [2.75, 3.05) is 6.61 Å². The molecule has 2 rings (SSSR count). The van der Waals surface area contributed by atoms with Crippen LogP contribution in [0.2, 0.25) is 0 Å². The van der Waals surface area contributed by atoms with E-state index in [2.05, 4.69) is 0 Å². The molecular formula is C7H10O3. The SMILES string of the molecule is OCC1C2C=C2C(O)C1O. The summed E-state index contributed by atoms with van der Waals surface area (Å²) >= 11 is 0. The maximum atomic E-state index is 9.21. The number of rotatable bonds is 1. The van der Waals surface area contributed by atoms with Crippen molar-refractivity contribution in [1.82, 2.24) is 0 Å². The van der Waals surface area contributed by atoms with Gasteiger partial charge in [0.1, 0.15) is 6.10 Å². The van der Waals surface area contributed by atoms with E-state index < -0.39 is 12.2 Å². The second-order valence-electron chi connectivity index (χ2n) is 2.97. The zero-order valence-electron chi connectivity index (χ0n) is 5.44. The number of allylic oxidation sites excluding steroid dienone is 1. The van der Waals surface area contributed by atoms with Crippen molar-refractivity contribution in [3.05, 3.63) is 11.6 Å². The predicted molar refractivity (Wildman–Crippen MR) is 34.2 cm³/mol. The standard InChI is InChI=1S/C7H10O3/c8-2-5-3-1-4(3)6(9)7(5)10/h1,3,5-10H,2H2. The maximum absolute atomic E-state index is 9.21. The van der Waals surface area contributed by atoms with Gasteiger partial charge in [-0.15, -0.1) is 0 Å². The zero-order chi connectivity index (χ0) is 7.30. The smallest absolute Gasteiger partial charge is 0.102 e. The lowest BCUT2D eigenvalue weighted by molar-refractivity contribution is 0.00806. The molecule has 0 radical (unpaired) electrons. The van der Waals surface area contributed by atoms with E-state index in [0.29, 0.717) is 0 Å². The minimum Gasteiger partial charge on any atom is -0.396 e. The van der Waals surface area contributed by atoms with E-state index in [4.69, 9.17) is 5.11 Å². The molecule has 0 amide bonds. The third kappa shape index (κ3) is 0.599. The van der Waals surface area contributed by atoms with Crippen molar-refractivity contribution in [2.45, 2.75) is 12.2 Å².